The molecule has 0 bridgehead atoms. The van der Waals surface area contributed by atoms with Crippen LogP contribution < -0.4 is 0 Å². The van der Waals surface area contributed by atoms with Gasteiger partial charge in [-0.15, -0.1) is 0 Å². The fourth-order valence-electron chi connectivity index (χ4n) is 2.23. The first-order valence-corrected chi connectivity index (χ1v) is 6.39. The molecule has 0 spiro atoms. The Morgan fingerprint density at radius 2 is 2.24 bits per heavy atom. The van der Waals surface area contributed by atoms with Gasteiger partial charge in [-0.2, -0.15) is 0 Å². The normalized spacial score (nSPS) is 27.5. The van der Waals surface area contributed by atoms with Crippen LogP contribution in [-0.4, -0.2) is 23.3 Å². The summed E-state index contributed by atoms with van der Waals surface area (Å²) in [4.78, 5) is 23.4. The average molecular weight is 238 g/mol. The summed E-state index contributed by atoms with van der Waals surface area (Å²) in [5.41, 5.74) is -0.971. The molecule has 96 valence electrons. The van der Waals surface area contributed by atoms with Crippen LogP contribution in [0.4, 0.5) is 0 Å². The summed E-state index contributed by atoms with van der Waals surface area (Å²) < 4.78 is 0. The number of allylic oxidation sites excluding steroid dienone is 2. The lowest BCUT2D eigenvalue weighted by Gasteiger charge is -2.30. The first kappa shape index (κ1) is 14.1. The van der Waals surface area contributed by atoms with Gasteiger partial charge >= 0.3 is 0 Å². The molecule has 0 heterocycles. The molecule has 1 aliphatic carbocycles. The van der Waals surface area contributed by atoms with Crippen LogP contribution >= 0.6 is 0 Å². The molecular weight excluding hydrogens is 216 g/mol. The summed E-state index contributed by atoms with van der Waals surface area (Å²) >= 11 is 0. The molecule has 0 radical (unpaired) electrons. The smallest absolute Gasteiger partial charge is 0.174 e. The van der Waals surface area contributed by atoms with Crippen LogP contribution in [-0.2, 0) is 9.59 Å². The number of aldehydes is 1. The highest BCUT2D eigenvalue weighted by Gasteiger charge is 2.41. The van der Waals surface area contributed by atoms with E-state index in [1.54, 1.807) is 0 Å². The van der Waals surface area contributed by atoms with E-state index in [9.17, 15) is 14.7 Å². The minimum atomic E-state index is -0.998. The molecule has 0 fully saturated rings. The van der Waals surface area contributed by atoms with Gasteiger partial charge < -0.3 is 9.90 Å². The monoisotopic (exact) mass is 238 g/mol. The fraction of sp³-hybridized carbons (Fsp3) is 0.714. The van der Waals surface area contributed by atoms with Gasteiger partial charge in [0.2, 0.25) is 0 Å². The number of aliphatic hydroxyl groups is 1. The Morgan fingerprint density at radius 3 is 2.71 bits per heavy atom. The van der Waals surface area contributed by atoms with Crippen molar-refractivity contribution in [3.63, 3.8) is 0 Å². The van der Waals surface area contributed by atoms with Gasteiger partial charge in [-0.1, -0.05) is 32.4 Å². The second kappa shape index (κ2) is 6.10. The molecule has 3 atom stereocenters. The fourth-order valence-corrected chi connectivity index (χ4v) is 2.23. The van der Waals surface area contributed by atoms with Crippen molar-refractivity contribution in [2.75, 3.05) is 0 Å². The van der Waals surface area contributed by atoms with Crippen molar-refractivity contribution in [3.8, 4) is 0 Å². The molecule has 0 aromatic carbocycles. The first-order chi connectivity index (χ1) is 8.05. The maximum absolute atomic E-state index is 12.2. The summed E-state index contributed by atoms with van der Waals surface area (Å²) in [5.74, 6) is 0.00827. The summed E-state index contributed by atoms with van der Waals surface area (Å²) in [7, 11) is 0. The molecule has 0 amide bonds. The maximum Gasteiger partial charge on any atom is 0.174 e. The summed E-state index contributed by atoms with van der Waals surface area (Å²) in [6, 6.07) is 0. The van der Waals surface area contributed by atoms with Gasteiger partial charge in [0.1, 0.15) is 12.4 Å². The molecule has 1 N–H and O–H groups in total. The molecule has 0 saturated carbocycles. The van der Waals surface area contributed by atoms with E-state index in [4.69, 9.17) is 0 Å². The number of carbonyl (C=O) groups is 2. The second-order valence-electron chi connectivity index (χ2n) is 5.12. The third-order valence-electron chi connectivity index (χ3n) is 3.75. The Bertz CT molecular complexity index is 309. The molecule has 0 aliphatic heterocycles. The van der Waals surface area contributed by atoms with E-state index >= 15 is 0 Å². The minimum absolute atomic E-state index is 0.294. The van der Waals surface area contributed by atoms with E-state index in [-0.39, 0.29) is 5.78 Å². The van der Waals surface area contributed by atoms with Crippen LogP contribution in [0.3, 0.4) is 0 Å². The number of hydrogen-bond donors (Lipinski definition) is 1. The molecule has 17 heavy (non-hydrogen) atoms. The van der Waals surface area contributed by atoms with Gasteiger partial charge in [0.05, 0.1) is 5.41 Å². The quantitative estimate of drug-likeness (QED) is 0.439. The molecular formula is C14H22O3. The van der Waals surface area contributed by atoms with Gasteiger partial charge in [-0.05, 0) is 31.6 Å². The van der Waals surface area contributed by atoms with Crippen LogP contribution in [0.1, 0.15) is 46.0 Å². The maximum atomic E-state index is 12.2. The van der Waals surface area contributed by atoms with Crippen LogP contribution in [0.25, 0.3) is 0 Å². The zero-order valence-electron chi connectivity index (χ0n) is 10.7. The average Bonchev–Trinajstić information content (AvgIpc) is 2.38. The van der Waals surface area contributed by atoms with Crippen LogP contribution in [0.5, 0.6) is 0 Å². The number of Topliss-reactive ketones (excluding diaryl/α,β-unsaturated/α-hetero) is 1. The van der Waals surface area contributed by atoms with Crippen molar-refractivity contribution in [3.05, 3.63) is 12.2 Å². The van der Waals surface area contributed by atoms with Gasteiger partial charge in [0, 0.05) is 0 Å². The summed E-state index contributed by atoms with van der Waals surface area (Å²) in [6.45, 7) is 4.03. The van der Waals surface area contributed by atoms with Crippen molar-refractivity contribution < 1.29 is 14.7 Å². The first-order valence-electron chi connectivity index (χ1n) is 6.39. The Hall–Kier alpha value is -0.960. The topological polar surface area (TPSA) is 54.4 Å². The molecule has 1 aliphatic rings. The number of hydrogen-bond acceptors (Lipinski definition) is 3. The number of aliphatic hydroxyl groups excluding tert-OH is 1. The van der Waals surface area contributed by atoms with E-state index in [2.05, 4.69) is 0 Å². The van der Waals surface area contributed by atoms with E-state index in [1.165, 1.54) is 0 Å². The van der Waals surface area contributed by atoms with Crippen molar-refractivity contribution in [2.24, 2.45) is 11.3 Å². The molecule has 3 heteroatoms. The summed E-state index contributed by atoms with van der Waals surface area (Å²) in [5, 5.41) is 9.94. The van der Waals surface area contributed by atoms with Crippen LogP contribution in [0.15, 0.2) is 12.2 Å². The largest absolute Gasteiger partial charge is 0.385 e. The second-order valence-corrected chi connectivity index (χ2v) is 5.12. The van der Waals surface area contributed by atoms with Gasteiger partial charge in [0.15, 0.2) is 5.78 Å². The third kappa shape index (κ3) is 3.25. The van der Waals surface area contributed by atoms with E-state index in [0.29, 0.717) is 25.2 Å². The zero-order valence-corrected chi connectivity index (χ0v) is 10.7. The van der Waals surface area contributed by atoms with E-state index < -0.39 is 11.5 Å². The number of carbonyl (C=O) groups excluding carboxylic acids is 2. The van der Waals surface area contributed by atoms with Crippen molar-refractivity contribution >= 4 is 12.1 Å². The van der Waals surface area contributed by atoms with Crippen LogP contribution in [0, 0.1) is 11.3 Å². The van der Waals surface area contributed by atoms with E-state index in [1.807, 2.05) is 26.0 Å². The number of ketones is 1. The van der Waals surface area contributed by atoms with Crippen molar-refractivity contribution in [1.82, 2.24) is 0 Å². The van der Waals surface area contributed by atoms with E-state index in [0.717, 1.165) is 19.1 Å². The van der Waals surface area contributed by atoms with Crippen LogP contribution in [0.2, 0.25) is 0 Å². The SMILES string of the molecule is CCC(C)CC(O)C(=O)C1(C=O)CC=CCC1. The molecule has 0 aromatic rings. The lowest BCUT2D eigenvalue weighted by Crippen LogP contribution is -2.41. The Morgan fingerprint density at radius 1 is 1.53 bits per heavy atom. The summed E-state index contributed by atoms with van der Waals surface area (Å²) in [6.07, 6.45) is 6.67. The Balaban J connectivity index is 2.72. The standard InChI is InChI=1S/C14H22O3/c1-3-11(2)9-12(16)13(17)14(10-15)7-5-4-6-8-14/h4-5,10-12,16H,3,6-9H2,1-2H3. The minimum Gasteiger partial charge on any atom is -0.385 e. The third-order valence-corrected chi connectivity index (χ3v) is 3.75. The lowest BCUT2D eigenvalue weighted by atomic mass is 9.72. The van der Waals surface area contributed by atoms with Crippen molar-refractivity contribution in [2.45, 2.75) is 52.1 Å². The molecule has 0 aromatic heterocycles. The predicted molar refractivity (Wildman–Crippen MR) is 66.6 cm³/mol. The number of rotatable bonds is 6. The van der Waals surface area contributed by atoms with Crippen molar-refractivity contribution in [1.29, 1.82) is 0 Å². The zero-order chi connectivity index (χ0) is 12.9. The predicted octanol–water partition coefficient (Wildman–Crippen LogP) is 2.28. The molecule has 1 rings (SSSR count). The molecule has 3 unspecified atom stereocenters. The highest BCUT2D eigenvalue weighted by molar-refractivity contribution is 6.01. The van der Waals surface area contributed by atoms with Gasteiger partial charge in [-0.3, -0.25) is 4.79 Å². The highest BCUT2D eigenvalue weighted by atomic mass is 16.3. The van der Waals surface area contributed by atoms with Gasteiger partial charge in [-0.25, -0.2) is 0 Å². The van der Waals surface area contributed by atoms with Gasteiger partial charge in [0.25, 0.3) is 0 Å². The highest BCUT2D eigenvalue weighted by Crippen LogP contribution is 2.33. The molecule has 3 nitrogen and oxygen atoms in total. The molecule has 0 saturated heterocycles. The lowest BCUT2D eigenvalue weighted by molar-refractivity contribution is -0.142. The Kier molecular flexibility index (Phi) is 5.06. The Labute approximate surface area is 103 Å².